The van der Waals surface area contributed by atoms with Crippen molar-refractivity contribution in [3.05, 3.63) is 6.92 Å². The van der Waals surface area contributed by atoms with Gasteiger partial charge in [0.15, 0.2) is 0 Å². The molecule has 33 valence electrons. The van der Waals surface area contributed by atoms with Gasteiger partial charge in [-0.1, -0.05) is 5.92 Å². The smallest absolute Gasteiger partial charge is 0.122 e. The van der Waals surface area contributed by atoms with Gasteiger partial charge in [0.2, 0.25) is 0 Å². The molecule has 0 aliphatic rings. The molecule has 1 heteroatoms. The van der Waals surface area contributed by atoms with Gasteiger partial charge in [-0.2, -0.15) is 0 Å². The van der Waals surface area contributed by atoms with E-state index in [0.29, 0.717) is 0 Å². The number of hydrogen-bond acceptors (Lipinski definition) is 1. The first-order valence-corrected chi connectivity index (χ1v) is 1.62. The van der Waals surface area contributed by atoms with E-state index in [1.807, 2.05) is 5.92 Å². The first-order valence-electron chi connectivity index (χ1n) is 1.62. The summed E-state index contributed by atoms with van der Waals surface area (Å²) in [5.41, 5.74) is -1.18. The predicted octanol–water partition coefficient (Wildman–Crippen LogP) is 0.205. The van der Waals surface area contributed by atoms with Crippen molar-refractivity contribution in [3.8, 4) is 12.3 Å². The van der Waals surface area contributed by atoms with Crippen LogP contribution in [0.15, 0.2) is 0 Å². The molecular weight excluding hydrogens is 76.1 g/mol. The number of rotatable bonds is 0. The largest absolute Gasteiger partial charge is 0.378 e. The highest BCUT2D eigenvalue weighted by Gasteiger charge is 2.03. The molecular formula is C5H7O. The second-order valence-electron chi connectivity index (χ2n) is 1.42. The Morgan fingerprint density at radius 1 is 2.00 bits per heavy atom. The van der Waals surface area contributed by atoms with Crippen LogP contribution in [0, 0.1) is 19.3 Å². The van der Waals surface area contributed by atoms with Gasteiger partial charge in [0, 0.05) is 0 Å². The zero-order valence-electron chi connectivity index (χ0n) is 3.73. The molecule has 0 fully saturated rings. The van der Waals surface area contributed by atoms with Crippen LogP contribution < -0.4 is 0 Å². The van der Waals surface area contributed by atoms with Gasteiger partial charge in [0.05, 0.1) is 0 Å². The minimum Gasteiger partial charge on any atom is -0.378 e. The van der Waals surface area contributed by atoms with Crippen LogP contribution in [0.5, 0.6) is 0 Å². The maximum absolute atomic E-state index is 8.48. The highest BCUT2D eigenvalue weighted by atomic mass is 16.3. The molecule has 1 radical (unpaired) electrons. The van der Waals surface area contributed by atoms with Crippen molar-refractivity contribution in [1.82, 2.24) is 0 Å². The summed E-state index contributed by atoms with van der Waals surface area (Å²) in [5, 5.41) is 8.48. The summed E-state index contributed by atoms with van der Waals surface area (Å²) >= 11 is 0. The van der Waals surface area contributed by atoms with Crippen molar-refractivity contribution in [3.63, 3.8) is 0 Å². The van der Waals surface area contributed by atoms with E-state index in [0.717, 1.165) is 0 Å². The molecule has 6 heavy (non-hydrogen) atoms. The lowest BCUT2D eigenvalue weighted by Gasteiger charge is -2.03. The van der Waals surface area contributed by atoms with E-state index in [1.54, 1.807) is 0 Å². The minimum absolute atomic E-state index is 1.18. The summed E-state index contributed by atoms with van der Waals surface area (Å²) in [6, 6.07) is 0. The fourth-order valence-corrected chi connectivity index (χ4v) is 0. The molecule has 0 aromatic rings. The Labute approximate surface area is 38.0 Å². The van der Waals surface area contributed by atoms with E-state index >= 15 is 0 Å². The van der Waals surface area contributed by atoms with Crippen LogP contribution in [-0.4, -0.2) is 10.7 Å². The SMILES string of the molecule is C#CC([CH2])(C)O. The quantitative estimate of drug-likeness (QED) is 0.415. The van der Waals surface area contributed by atoms with Crippen LogP contribution in [0.3, 0.4) is 0 Å². The van der Waals surface area contributed by atoms with Crippen molar-refractivity contribution in [1.29, 1.82) is 0 Å². The molecule has 0 aliphatic carbocycles. The van der Waals surface area contributed by atoms with Crippen molar-refractivity contribution in [2.75, 3.05) is 0 Å². The molecule has 1 N–H and O–H groups in total. The van der Waals surface area contributed by atoms with Gasteiger partial charge in [-0.15, -0.1) is 6.42 Å². The lowest BCUT2D eigenvalue weighted by atomic mass is 10.2. The van der Waals surface area contributed by atoms with Gasteiger partial charge in [0.25, 0.3) is 0 Å². The Bertz CT molecular complexity index is 70.9. The number of aliphatic hydroxyl groups is 1. The predicted molar refractivity (Wildman–Crippen MR) is 24.8 cm³/mol. The Morgan fingerprint density at radius 3 is 2.17 bits per heavy atom. The van der Waals surface area contributed by atoms with Gasteiger partial charge < -0.3 is 5.11 Å². The highest BCUT2D eigenvalue weighted by molar-refractivity contribution is 5.05. The molecule has 0 amide bonds. The van der Waals surface area contributed by atoms with E-state index < -0.39 is 5.60 Å². The number of terminal acetylenes is 1. The van der Waals surface area contributed by atoms with Crippen LogP contribution in [0.4, 0.5) is 0 Å². The zero-order valence-corrected chi connectivity index (χ0v) is 3.73. The van der Waals surface area contributed by atoms with Crippen molar-refractivity contribution < 1.29 is 5.11 Å². The molecule has 0 saturated heterocycles. The maximum Gasteiger partial charge on any atom is 0.122 e. The average Bonchev–Trinajstić information content (AvgIpc) is 1.35. The molecule has 0 aliphatic heterocycles. The molecule has 0 aromatic carbocycles. The Kier molecular flexibility index (Phi) is 1.21. The fourth-order valence-electron chi connectivity index (χ4n) is 0. The molecule has 0 bridgehead atoms. The summed E-state index contributed by atoms with van der Waals surface area (Å²) < 4.78 is 0. The lowest BCUT2D eigenvalue weighted by molar-refractivity contribution is 0.171. The fraction of sp³-hybridized carbons (Fsp3) is 0.400. The second-order valence-corrected chi connectivity index (χ2v) is 1.42. The summed E-state index contributed by atoms with van der Waals surface area (Å²) in [6.45, 7) is 4.66. The Morgan fingerprint density at radius 2 is 2.17 bits per heavy atom. The summed E-state index contributed by atoms with van der Waals surface area (Å²) in [5.74, 6) is 2.05. The topological polar surface area (TPSA) is 20.2 Å². The van der Waals surface area contributed by atoms with Crippen molar-refractivity contribution in [2.24, 2.45) is 0 Å². The summed E-state index contributed by atoms with van der Waals surface area (Å²) in [4.78, 5) is 0. The van der Waals surface area contributed by atoms with Crippen LogP contribution in [0.25, 0.3) is 0 Å². The van der Waals surface area contributed by atoms with E-state index in [2.05, 4.69) is 6.92 Å². The maximum atomic E-state index is 8.48. The Hall–Kier alpha value is -0.480. The van der Waals surface area contributed by atoms with E-state index in [1.165, 1.54) is 6.92 Å². The number of hydrogen-bond donors (Lipinski definition) is 1. The van der Waals surface area contributed by atoms with Gasteiger partial charge in [-0.3, -0.25) is 0 Å². The van der Waals surface area contributed by atoms with E-state index in [9.17, 15) is 0 Å². The van der Waals surface area contributed by atoms with Gasteiger partial charge in [0.1, 0.15) is 5.60 Å². The van der Waals surface area contributed by atoms with E-state index in [-0.39, 0.29) is 0 Å². The van der Waals surface area contributed by atoms with Crippen molar-refractivity contribution in [2.45, 2.75) is 12.5 Å². The molecule has 0 saturated carbocycles. The van der Waals surface area contributed by atoms with Crippen LogP contribution >= 0.6 is 0 Å². The standard InChI is InChI=1S/C5H7O/c1-4-5(2,3)6/h1,6H,2H2,3H3. The van der Waals surface area contributed by atoms with Crippen LogP contribution in [-0.2, 0) is 0 Å². The average molecular weight is 83.1 g/mol. The summed E-state index contributed by atoms with van der Waals surface area (Å²) in [7, 11) is 0. The molecule has 1 atom stereocenters. The van der Waals surface area contributed by atoms with Crippen LogP contribution in [0.2, 0.25) is 0 Å². The normalized spacial score (nSPS) is 10.3. The second kappa shape index (κ2) is 1.32. The zero-order chi connectivity index (χ0) is 5.21. The molecule has 0 heterocycles. The highest BCUT2D eigenvalue weighted by Crippen LogP contribution is 1.93. The minimum atomic E-state index is -1.18. The van der Waals surface area contributed by atoms with Gasteiger partial charge >= 0.3 is 0 Å². The lowest BCUT2D eigenvalue weighted by Crippen LogP contribution is -2.14. The Balaban J connectivity index is 3.55. The molecule has 0 rings (SSSR count). The van der Waals surface area contributed by atoms with Crippen molar-refractivity contribution >= 4 is 0 Å². The first kappa shape index (κ1) is 5.52. The van der Waals surface area contributed by atoms with Gasteiger partial charge in [-0.05, 0) is 13.8 Å². The third-order valence-electron chi connectivity index (χ3n) is 0.311. The molecule has 0 aromatic heterocycles. The monoisotopic (exact) mass is 83.0 g/mol. The van der Waals surface area contributed by atoms with Crippen LogP contribution in [0.1, 0.15) is 6.92 Å². The third-order valence-corrected chi connectivity index (χ3v) is 0.311. The molecule has 1 nitrogen and oxygen atoms in total. The third kappa shape index (κ3) is 3.52. The first-order chi connectivity index (χ1) is 2.56. The van der Waals surface area contributed by atoms with Gasteiger partial charge in [-0.25, -0.2) is 0 Å². The molecule has 1 unspecified atom stereocenters. The van der Waals surface area contributed by atoms with E-state index in [4.69, 9.17) is 11.5 Å². The molecule has 0 spiro atoms. The summed E-state index contributed by atoms with van der Waals surface area (Å²) in [6.07, 6.45) is 4.74.